The molecule has 7 heteroatoms. The Morgan fingerprint density at radius 1 is 0.895 bits per heavy atom. The summed E-state index contributed by atoms with van der Waals surface area (Å²) in [5.41, 5.74) is 1.65. The summed E-state index contributed by atoms with van der Waals surface area (Å²) in [6.07, 6.45) is 7.77. The Balaban J connectivity index is 1.55. The number of ether oxygens (including phenoxy) is 3. The van der Waals surface area contributed by atoms with E-state index in [9.17, 15) is 14.4 Å². The molecule has 0 radical (unpaired) electrons. The van der Waals surface area contributed by atoms with Crippen LogP contribution in [-0.2, 0) is 36.9 Å². The van der Waals surface area contributed by atoms with Gasteiger partial charge < -0.3 is 19.5 Å². The molecule has 1 amide bonds. The first-order valence-electron chi connectivity index (χ1n) is 14.0. The Bertz CT molecular complexity index is 1050. The predicted octanol–water partition coefficient (Wildman–Crippen LogP) is 5.29. The Labute approximate surface area is 225 Å². The van der Waals surface area contributed by atoms with Crippen LogP contribution in [0.5, 0.6) is 5.75 Å². The van der Waals surface area contributed by atoms with Gasteiger partial charge in [-0.05, 0) is 54.9 Å². The molecule has 2 aromatic rings. The molecular formula is C31H39NO6. The molecule has 1 heterocycles. The summed E-state index contributed by atoms with van der Waals surface area (Å²) in [7, 11) is 0. The van der Waals surface area contributed by atoms with Gasteiger partial charge in [-0.2, -0.15) is 0 Å². The van der Waals surface area contributed by atoms with Crippen LogP contribution in [0.3, 0.4) is 0 Å². The van der Waals surface area contributed by atoms with E-state index in [1.54, 1.807) is 0 Å². The summed E-state index contributed by atoms with van der Waals surface area (Å²) >= 11 is 0. The van der Waals surface area contributed by atoms with Gasteiger partial charge in [0.25, 0.3) is 0 Å². The molecule has 38 heavy (non-hydrogen) atoms. The van der Waals surface area contributed by atoms with E-state index in [0.717, 1.165) is 68.9 Å². The van der Waals surface area contributed by atoms with Crippen molar-refractivity contribution in [2.24, 2.45) is 5.92 Å². The van der Waals surface area contributed by atoms with E-state index < -0.39 is 24.1 Å². The summed E-state index contributed by atoms with van der Waals surface area (Å²) in [5, 5.41) is 2.96. The van der Waals surface area contributed by atoms with Crippen LogP contribution in [0.4, 0.5) is 0 Å². The zero-order valence-corrected chi connectivity index (χ0v) is 22.1. The number of hydrogen-bond acceptors (Lipinski definition) is 6. The van der Waals surface area contributed by atoms with Crippen LogP contribution in [-0.4, -0.2) is 36.6 Å². The van der Waals surface area contributed by atoms with E-state index in [1.165, 1.54) is 0 Å². The van der Waals surface area contributed by atoms with Crippen LogP contribution >= 0.6 is 0 Å². The highest BCUT2D eigenvalue weighted by atomic mass is 16.6. The molecule has 4 rings (SSSR count). The Kier molecular flexibility index (Phi) is 10.6. The average molecular weight is 522 g/mol. The molecule has 0 saturated heterocycles. The third-order valence-electron chi connectivity index (χ3n) is 7.32. The first kappa shape index (κ1) is 27.7. The normalized spacial score (nSPS) is 22.3. The van der Waals surface area contributed by atoms with Crippen molar-refractivity contribution in [3.8, 4) is 5.75 Å². The lowest BCUT2D eigenvalue weighted by molar-refractivity contribution is -0.171. The van der Waals surface area contributed by atoms with Gasteiger partial charge in [0.1, 0.15) is 18.4 Å². The molecule has 1 aliphatic carbocycles. The number of carbonyl (C=O) groups is 3. The first-order chi connectivity index (χ1) is 18.6. The standard InChI is InChI=1S/C31H39NO6/c33-28-18-9-1-2-10-19-36-26-17-11-14-24(20-26)21-27(30(34)37-22-23-12-5-3-6-13-23)38-31(35)29(32-28)25-15-7-4-8-16-25/h3,5-6,11-14,17,20,25,27,29H,1-2,4,7-10,15-16,18-19,21-22H2,(H,32,33). The summed E-state index contributed by atoms with van der Waals surface area (Å²) in [5.74, 6) is -0.608. The maximum Gasteiger partial charge on any atom is 0.348 e. The fraction of sp³-hybridized carbons (Fsp3) is 0.516. The summed E-state index contributed by atoms with van der Waals surface area (Å²) in [6.45, 7) is 0.663. The Morgan fingerprint density at radius 2 is 1.66 bits per heavy atom. The third-order valence-corrected chi connectivity index (χ3v) is 7.32. The van der Waals surface area contributed by atoms with E-state index >= 15 is 0 Å². The van der Waals surface area contributed by atoms with Crippen molar-refractivity contribution in [2.75, 3.05) is 6.61 Å². The number of rotatable bonds is 4. The number of carbonyl (C=O) groups excluding carboxylic acids is 3. The van der Waals surface area contributed by atoms with Crippen molar-refractivity contribution in [1.29, 1.82) is 0 Å². The minimum Gasteiger partial charge on any atom is -0.494 e. The molecule has 2 aliphatic rings. The average Bonchev–Trinajstić information content (AvgIpc) is 2.94. The van der Waals surface area contributed by atoms with E-state index in [2.05, 4.69) is 5.32 Å². The van der Waals surface area contributed by atoms with E-state index in [4.69, 9.17) is 14.2 Å². The van der Waals surface area contributed by atoms with Crippen LogP contribution in [0, 0.1) is 5.92 Å². The smallest absolute Gasteiger partial charge is 0.348 e. The fourth-order valence-corrected chi connectivity index (χ4v) is 5.20. The monoisotopic (exact) mass is 521 g/mol. The second kappa shape index (κ2) is 14.6. The van der Waals surface area contributed by atoms with E-state index in [-0.39, 0.29) is 24.9 Å². The SMILES string of the molecule is O=C1CCCCCCOc2cccc(c2)CC(C(=O)OCc2ccccc2)OC(=O)C(C2CCCCC2)N1. The van der Waals surface area contributed by atoms with Gasteiger partial charge in [0.15, 0.2) is 0 Å². The molecule has 2 atom stereocenters. The molecule has 2 aromatic carbocycles. The molecule has 1 saturated carbocycles. The number of fused-ring (bicyclic) bond motifs is 2. The maximum absolute atomic E-state index is 13.6. The highest BCUT2D eigenvalue weighted by molar-refractivity contribution is 5.86. The molecular weight excluding hydrogens is 482 g/mol. The molecule has 0 spiro atoms. The van der Waals surface area contributed by atoms with Crippen LogP contribution in [0.2, 0.25) is 0 Å². The van der Waals surface area contributed by atoms with Crippen molar-refractivity contribution in [2.45, 2.75) is 89.4 Å². The molecule has 1 N–H and O–H groups in total. The summed E-state index contributed by atoms with van der Waals surface area (Å²) < 4.78 is 17.4. The zero-order valence-electron chi connectivity index (χ0n) is 22.1. The van der Waals surface area contributed by atoms with Crippen molar-refractivity contribution in [1.82, 2.24) is 5.32 Å². The van der Waals surface area contributed by atoms with Crippen LogP contribution in [0.25, 0.3) is 0 Å². The lowest BCUT2D eigenvalue weighted by Gasteiger charge is -2.30. The van der Waals surface area contributed by atoms with Gasteiger partial charge >= 0.3 is 11.9 Å². The molecule has 1 aliphatic heterocycles. The lowest BCUT2D eigenvalue weighted by atomic mass is 9.83. The number of esters is 2. The molecule has 1 fully saturated rings. The minimum atomic E-state index is -1.14. The van der Waals surface area contributed by atoms with Crippen molar-refractivity contribution in [3.05, 3.63) is 65.7 Å². The number of cyclic esters (lactones) is 1. The van der Waals surface area contributed by atoms with Gasteiger partial charge in [-0.15, -0.1) is 0 Å². The van der Waals surface area contributed by atoms with E-state index in [0.29, 0.717) is 18.8 Å². The van der Waals surface area contributed by atoms with Gasteiger partial charge in [0.2, 0.25) is 12.0 Å². The summed E-state index contributed by atoms with van der Waals surface area (Å²) in [4.78, 5) is 39.6. The molecule has 7 nitrogen and oxygen atoms in total. The van der Waals surface area contributed by atoms with Gasteiger partial charge in [0.05, 0.1) is 6.61 Å². The van der Waals surface area contributed by atoms with Crippen LogP contribution in [0.1, 0.15) is 75.3 Å². The lowest BCUT2D eigenvalue weighted by Crippen LogP contribution is -2.49. The fourth-order valence-electron chi connectivity index (χ4n) is 5.20. The maximum atomic E-state index is 13.6. The largest absolute Gasteiger partial charge is 0.494 e. The number of nitrogens with one attached hydrogen (secondary N) is 1. The third kappa shape index (κ3) is 8.61. The Morgan fingerprint density at radius 3 is 2.47 bits per heavy atom. The van der Waals surface area contributed by atoms with E-state index in [1.807, 2.05) is 54.6 Å². The number of hydrogen-bond donors (Lipinski definition) is 1. The number of amides is 1. The van der Waals surface area contributed by atoms with Crippen molar-refractivity contribution >= 4 is 17.8 Å². The zero-order chi connectivity index (χ0) is 26.6. The molecule has 2 bridgehead atoms. The molecule has 2 unspecified atom stereocenters. The van der Waals surface area contributed by atoms with Gasteiger partial charge in [-0.1, -0.05) is 74.6 Å². The topological polar surface area (TPSA) is 90.9 Å². The molecule has 0 aromatic heterocycles. The highest BCUT2D eigenvalue weighted by Gasteiger charge is 2.35. The summed E-state index contributed by atoms with van der Waals surface area (Å²) in [6, 6.07) is 16.1. The first-order valence-corrected chi connectivity index (χ1v) is 14.0. The van der Waals surface area contributed by atoms with Crippen molar-refractivity contribution in [3.63, 3.8) is 0 Å². The van der Waals surface area contributed by atoms with Crippen molar-refractivity contribution < 1.29 is 28.6 Å². The number of benzene rings is 2. The van der Waals surface area contributed by atoms with Gasteiger partial charge in [0, 0.05) is 12.8 Å². The van der Waals surface area contributed by atoms with Crippen LogP contribution < -0.4 is 10.1 Å². The quantitative estimate of drug-likeness (QED) is 0.550. The van der Waals surface area contributed by atoms with Gasteiger partial charge in [-0.3, -0.25) is 4.79 Å². The molecule has 204 valence electrons. The predicted molar refractivity (Wildman–Crippen MR) is 143 cm³/mol. The Hall–Kier alpha value is -3.35. The minimum absolute atomic E-state index is 0.000000652. The second-order valence-electron chi connectivity index (χ2n) is 10.3. The highest BCUT2D eigenvalue weighted by Crippen LogP contribution is 2.28. The van der Waals surface area contributed by atoms with Gasteiger partial charge in [-0.25, -0.2) is 9.59 Å². The van der Waals surface area contributed by atoms with Crippen LogP contribution in [0.15, 0.2) is 54.6 Å². The second-order valence-corrected chi connectivity index (χ2v) is 10.3.